The molecule has 0 aliphatic carbocycles. The second kappa shape index (κ2) is 10.2. The molecule has 6 nitrogen and oxygen atoms in total. The van der Waals surface area contributed by atoms with E-state index in [2.05, 4.69) is 10.6 Å². The molecule has 0 heterocycles. The molecule has 7 heteroatoms. The summed E-state index contributed by atoms with van der Waals surface area (Å²) < 4.78 is 0. The lowest BCUT2D eigenvalue weighted by atomic mass is 10.1. The molecule has 1 aromatic carbocycles. The van der Waals surface area contributed by atoms with Gasteiger partial charge in [0.2, 0.25) is 0 Å². The lowest BCUT2D eigenvalue weighted by molar-refractivity contribution is 0.0168. The van der Waals surface area contributed by atoms with Gasteiger partial charge in [-0.3, -0.25) is 9.63 Å². The summed E-state index contributed by atoms with van der Waals surface area (Å²) in [7, 11) is 0. The second-order valence-corrected chi connectivity index (χ2v) is 4.67. The molecule has 0 atom stereocenters. The third kappa shape index (κ3) is 6.55. The number of carbonyl (C=O) groups is 1. The number of hydroxylamine groups is 1. The number of rotatable bonds is 9. The fourth-order valence-electron chi connectivity index (χ4n) is 1.25. The van der Waals surface area contributed by atoms with Gasteiger partial charge < -0.3 is 9.94 Å². The van der Waals surface area contributed by atoms with Crippen LogP contribution in [0.15, 0.2) is 29.4 Å². The zero-order valence-corrected chi connectivity index (χ0v) is 12.1. The van der Waals surface area contributed by atoms with Gasteiger partial charge in [0.1, 0.15) is 6.61 Å². The van der Waals surface area contributed by atoms with Crippen molar-refractivity contribution < 1.29 is 19.6 Å². The fourth-order valence-corrected chi connectivity index (χ4v) is 1.49. The molecule has 0 aromatic heterocycles. The lowest BCUT2D eigenvalue weighted by Gasteiger charge is -2.04. The number of nitrogens with zero attached hydrogens (tertiary/aromatic N) is 1. The first kappa shape index (κ1) is 16.5. The van der Waals surface area contributed by atoms with Crippen molar-refractivity contribution in [3.8, 4) is 0 Å². The van der Waals surface area contributed by atoms with E-state index in [1.54, 1.807) is 36.2 Å². The maximum atomic E-state index is 11.7. The van der Waals surface area contributed by atoms with E-state index in [9.17, 15) is 4.79 Å². The van der Waals surface area contributed by atoms with E-state index in [0.29, 0.717) is 12.2 Å². The van der Waals surface area contributed by atoms with Crippen LogP contribution in [0.25, 0.3) is 0 Å². The second-order valence-electron chi connectivity index (χ2n) is 3.69. The number of aliphatic hydroxyl groups is 1. The molecule has 110 valence electrons. The van der Waals surface area contributed by atoms with Crippen LogP contribution in [0.2, 0.25) is 0 Å². The Balaban J connectivity index is 2.50. The highest BCUT2D eigenvalue weighted by Gasteiger charge is 2.05. The van der Waals surface area contributed by atoms with Crippen LogP contribution in [0.1, 0.15) is 15.9 Å². The first-order chi connectivity index (χ1) is 9.77. The van der Waals surface area contributed by atoms with Crippen LogP contribution in [-0.2, 0) is 9.68 Å². The molecule has 0 spiro atoms. The van der Waals surface area contributed by atoms with Crippen LogP contribution in [0.3, 0.4) is 0 Å². The average Bonchev–Trinajstić information content (AvgIpc) is 2.47. The van der Waals surface area contributed by atoms with Gasteiger partial charge in [-0.1, -0.05) is 17.3 Å². The number of nitrogens with one attached hydrogen (secondary N) is 1. The standard InChI is InChI=1S/C13H18N2O4S/c1-20-8-7-18-14-10-11-3-2-4-12(9-11)13(17)15-19-6-5-16/h2-4,9-10,16H,5-8H2,1H3,(H,15,17). The molecule has 20 heavy (non-hydrogen) atoms. The summed E-state index contributed by atoms with van der Waals surface area (Å²) in [6.45, 7) is 0.448. The molecular formula is C13H18N2O4S. The van der Waals surface area contributed by atoms with Gasteiger partial charge in [-0.15, -0.1) is 0 Å². The van der Waals surface area contributed by atoms with Crippen LogP contribution in [0.5, 0.6) is 0 Å². The largest absolute Gasteiger partial charge is 0.395 e. The smallest absolute Gasteiger partial charge is 0.274 e. The van der Waals surface area contributed by atoms with Crippen LogP contribution >= 0.6 is 11.8 Å². The molecule has 0 bridgehead atoms. The van der Waals surface area contributed by atoms with Crippen LogP contribution in [-0.4, -0.2) is 49.1 Å². The summed E-state index contributed by atoms with van der Waals surface area (Å²) in [5.41, 5.74) is 3.43. The maximum Gasteiger partial charge on any atom is 0.274 e. The summed E-state index contributed by atoms with van der Waals surface area (Å²) in [5.74, 6) is 0.499. The van der Waals surface area contributed by atoms with E-state index < -0.39 is 0 Å². The quantitative estimate of drug-likeness (QED) is 0.405. The van der Waals surface area contributed by atoms with E-state index >= 15 is 0 Å². The van der Waals surface area contributed by atoms with Crippen LogP contribution < -0.4 is 5.48 Å². The SMILES string of the molecule is CSCCON=Cc1cccc(C(=O)NOCCO)c1. The molecule has 0 unspecified atom stereocenters. The Hall–Kier alpha value is -1.57. The Morgan fingerprint density at radius 3 is 3.10 bits per heavy atom. The Morgan fingerprint density at radius 2 is 2.35 bits per heavy atom. The van der Waals surface area contributed by atoms with Crippen molar-refractivity contribution in [1.29, 1.82) is 0 Å². The highest BCUT2D eigenvalue weighted by Crippen LogP contribution is 2.03. The third-order valence-corrected chi connectivity index (χ3v) is 2.74. The number of benzene rings is 1. The molecule has 0 aliphatic rings. The molecule has 1 rings (SSSR count). The predicted octanol–water partition coefficient (Wildman–Crippen LogP) is 1.05. The molecule has 0 saturated heterocycles. The number of aliphatic hydroxyl groups excluding tert-OH is 1. The van der Waals surface area contributed by atoms with Crippen LogP contribution in [0, 0.1) is 0 Å². The van der Waals surface area contributed by atoms with Crippen molar-refractivity contribution in [3.05, 3.63) is 35.4 Å². The van der Waals surface area contributed by atoms with Gasteiger partial charge in [0.25, 0.3) is 5.91 Å². The first-order valence-electron chi connectivity index (χ1n) is 6.05. The van der Waals surface area contributed by atoms with Crippen molar-refractivity contribution in [2.24, 2.45) is 5.16 Å². The summed E-state index contributed by atoms with van der Waals surface area (Å²) in [4.78, 5) is 21.5. The summed E-state index contributed by atoms with van der Waals surface area (Å²) in [6.07, 6.45) is 3.54. The van der Waals surface area contributed by atoms with Crippen molar-refractivity contribution in [3.63, 3.8) is 0 Å². The number of oxime groups is 1. The van der Waals surface area contributed by atoms with E-state index in [-0.39, 0.29) is 19.1 Å². The Kier molecular flexibility index (Phi) is 8.44. The van der Waals surface area contributed by atoms with Gasteiger partial charge in [-0.25, -0.2) is 5.48 Å². The maximum absolute atomic E-state index is 11.7. The van der Waals surface area contributed by atoms with Gasteiger partial charge in [0.15, 0.2) is 0 Å². The van der Waals surface area contributed by atoms with Crippen molar-refractivity contribution >= 4 is 23.9 Å². The zero-order valence-electron chi connectivity index (χ0n) is 11.2. The van der Waals surface area contributed by atoms with Gasteiger partial charge >= 0.3 is 0 Å². The topological polar surface area (TPSA) is 80.2 Å². The minimum absolute atomic E-state index is 0.0518. The number of hydrogen-bond donors (Lipinski definition) is 2. The predicted molar refractivity (Wildman–Crippen MR) is 78.9 cm³/mol. The van der Waals surface area contributed by atoms with E-state index in [1.807, 2.05) is 12.3 Å². The number of carbonyl (C=O) groups excluding carboxylic acids is 1. The van der Waals surface area contributed by atoms with Gasteiger partial charge in [-0.2, -0.15) is 11.8 Å². The fraction of sp³-hybridized carbons (Fsp3) is 0.385. The number of thioether (sulfide) groups is 1. The number of amides is 1. The average molecular weight is 298 g/mol. The first-order valence-corrected chi connectivity index (χ1v) is 7.44. The third-order valence-electron chi connectivity index (χ3n) is 2.16. The van der Waals surface area contributed by atoms with E-state index in [0.717, 1.165) is 11.3 Å². The molecule has 1 amide bonds. The summed E-state index contributed by atoms with van der Waals surface area (Å²) in [5, 5.41) is 12.4. The summed E-state index contributed by atoms with van der Waals surface area (Å²) >= 11 is 1.68. The molecule has 0 saturated carbocycles. The van der Waals surface area contributed by atoms with Gasteiger partial charge in [0.05, 0.1) is 19.4 Å². The Bertz CT molecular complexity index is 440. The summed E-state index contributed by atoms with van der Waals surface area (Å²) in [6, 6.07) is 6.87. The highest BCUT2D eigenvalue weighted by molar-refractivity contribution is 7.98. The minimum Gasteiger partial charge on any atom is -0.395 e. The molecule has 0 aliphatic heterocycles. The van der Waals surface area contributed by atoms with Crippen LogP contribution in [0.4, 0.5) is 0 Å². The van der Waals surface area contributed by atoms with E-state index in [4.69, 9.17) is 14.8 Å². The Morgan fingerprint density at radius 1 is 1.50 bits per heavy atom. The molecular weight excluding hydrogens is 280 g/mol. The minimum atomic E-state index is -0.378. The Labute approximate surface area is 122 Å². The highest BCUT2D eigenvalue weighted by atomic mass is 32.2. The van der Waals surface area contributed by atoms with Gasteiger partial charge in [-0.05, 0) is 24.0 Å². The van der Waals surface area contributed by atoms with E-state index in [1.165, 1.54) is 0 Å². The zero-order chi connectivity index (χ0) is 14.6. The molecule has 2 N–H and O–H groups in total. The van der Waals surface area contributed by atoms with Crippen molar-refractivity contribution in [2.45, 2.75) is 0 Å². The lowest BCUT2D eigenvalue weighted by Crippen LogP contribution is -2.25. The molecule has 0 fully saturated rings. The monoisotopic (exact) mass is 298 g/mol. The normalized spacial score (nSPS) is 10.7. The van der Waals surface area contributed by atoms with Crippen molar-refractivity contribution in [2.75, 3.05) is 31.8 Å². The van der Waals surface area contributed by atoms with Gasteiger partial charge in [0, 0.05) is 11.3 Å². The molecule has 0 radical (unpaired) electrons. The van der Waals surface area contributed by atoms with Crippen molar-refractivity contribution in [1.82, 2.24) is 5.48 Å². The number of hydrogen-bond acceptors (Lipinski definition) is 6. The molecule has 1 aromatic rings.